The number of rotatable bonds is 4. The van der Waals surface area contributed by atoms with Crippen molar-refractivity contribution >= 4 is 5.97 Å². The van der Waals surface area contributed by atoms with Crippen molar-refractivity contribution in [3.05, 3.63) is 0 Å². The van der Waals surface area contributed by atoms with E-state index < -0.39 is 12.1 Å². The van der Waals surface area contributed by atoms with Crippen LogP contribution in [0.1, 0.15) is 39.5 Å². The molecule has 1 aliphatic rings. The molecule has 2 N–H and O–H groups in total. The molecule has 0 aromatic carbocycles. The van der Waals surface area contributed by atoms with Gasteiger partial charge in [0.05, 0.1) is 24.7 Å². The molecule has 0 aliphatic heterocycles. The number of carbonyl (C=O) groups is 1. The molecule has 88 valence electrons. The monoisotopic (exact) mass is 216 g/mol. The molecule has 0 radical (unpaired) electrons. The van der Waals surface area contributed by atoms with Crippen molar-refractivity contribution in [1.29, 1.82) is 0 Å². The van der Waals surface area contributed by atoms with Crippen LogP contribution in [0.25, 0.3) is 0 Å². The van der Waals surface area contributed by atoms with E-state index in [2.05, 4.69) is 0 Å². The average Bonchev–Trinajstić information content (AvgIpc) is 2.09. The Bertz CT molecular complexity index is 215. The Morgan fingerprint density at radius 3 is 2.67 bits per heavy atom. The number of aliphatic carboxylic acids is 1. The van der Waals surface area contributed by atoms with E-state index in [0.29, 0.717) is 6.42 Å². The van der Waals surface area contributed by atoms with E-state index >= 15 is 0 Å². The minimum atomic E-state index is -0.863. The zero-order valence-electron chi connectivity index (χ0n) is 9.35. The van der Waals surface area contributed by atoms with Crippen LogP contribution in [0.3, 0.4) is 0 Å². The number of hydrogen-bond acceptors (Lipinski definition) is 3. The van der Waals surface area contributed by atoms with E-state index in [1.54, 1.807) is 0 Å². The first-order valence-corrected chi connectivity index (χ1v) is 5.56. The first-order valence-electron chi connectivity index (χ1n) is 5.56. The maximum Gasteiger partial charge on any atom is 0.303 e. The molecule has 1 rings (SSSR count). The van der Waals surface area contributed by atoms with Gasteiger partial charge in [-0.25, -0.2) is 0 Å². The lowest BCUT2D eigenvalue weighted by molar-refractivity contribution is -0.145. The van der Waals surface area contributed by atoms with Crippen molar-refractivity contribution in [2.45, 2.75) is 57.8 Å². The zero-order valence-corrected chi connectivity index (χ0v) is 9.35. The van der Waals surface area contributed by atoms with Crippen molar-refractivity contribution < 1.29 is 19.7 Å². The maximum absolute atomic E-state index is 10.7. The van der Waals surface area contributed by atoms with Gasteiger partial charge in [0.1, 0.15) is 0 Å². The van der Waals surface area contributed by atoms with Crippen LogP contribution in [-0.4, -0.2) is 34.5 Å². The van der Waals surface area contributed by atoms with Crippen LogP contribution in [0.5, 0.6) is 0 Å². The fourth-order valence-electron chi connectivity index (χ4n) is 2.19. The van der Waals surface area contributed by atoms with Gasteiger partial charge in [-0.3, -0.25) is 4.79 Å². The van der Waals surface area contributed by atoms with Gasteiger partial charge in [-0.2, -0.15) is 0 Å². The zero-order chi connectivity index (χ0) is 11.4. The predicted molar refractivity (Wildman–Crippen MR) is 55.6 cm³/mol. The Hall–Kier alpha value is -0.610. The summed E-state index contributed by atoms with van der Waals surface area (Å²) in [5.41, 5.74) is 0. The lowest BCUT2D eigenvalue weighted by atomic mass is 9.81. The van der Waals surface area contributed by atoms with E-state index in [-0.39, 0.29) is 24.5 Å². The van der Waals surface area contributed by atoms with Gasteiger partial charge in [-0.1, -0.05) is 0 Å². The highest BCUT2D eigenvalue weighted by Gasteiger charge is 2.34. The Morgan fingerprint density at radius 2 is 2.13 bits per heavy atom. The van der Waals surface area contributed by atoms with Gasteiger partial charge >= 0.3 is 5.97 Å². The van der Waals surface area contributed by atoms with Crippen LogP contribution >= 0.6 is 0 Å². The summed E-state index contributed by atoms with van der Waals surface area (Å²) in [6, 6.07) is 0. The molecule has 0 saturated heterocycles. The molecule has 15 heavy (non-hydrogen) atoms. The van der Waals surface area contributed by atoms with Gasteiger partial charge in [0, 0.05) is 5.92 Å². The molecular weight excluding hydrogens is 196 g/mol. The van der Waals surface area contributed by atoms with Crippen LogP contribution in [-0.2, 0) is 9.53 Å². The first-order chi connectivity index (χ1) is 7.00. The standard InChI is InChI=1S/C11H20O4/c1-7(2)15-10-5-3-4-9(12)8(10)6-11(13)14/h7-10,12H,3-6H2,1-2H3,(H,13,14)/t8-,9+,10-/m0/s1. The lowest BCUT2D eigenvalue weighted by Gasteiger charge is -2.35. The smallest absolute Gasteiger partial charge is 0.303 e. The molecule has 0 unspecified atom stereocenters. The molecule has 1 saturated carbocycles. The molecule has 0 amide bonds. The Balaban J connectivity index is 2.59. The second-order valence-electron chi connectivity index (χ2n) is 4.48. The highest BCUT2D eigenvalue weighted by Crippen LogP contribution is 2.30. The van der Waals surface area contributed by atoms with Gasteiger partial charge in [-0.15, -0.1) is 0 Å². The molecule has 0 aromatic heterocycles. The summed E-state index contributed by atoms with van der Waals surface area (Å²) in [5.74, 6) is -1.11. The Kier molecular flexibility index (Phi) is 4.54. The molecule has 0 aromatic rings. The topological polar surface area (TPSA) is 66.8 Å². The van der Waals surface area contributed by atoms with Crippen LogP contribution in [0.4, 0.5) is 0 Å². The van der Waals surface area contributed by atoms with E-state index in [4.69, 9.17) is 9.84 Å². The van der Waals surface area contributed by atoms with Crippen LogP contribution in [0.2, 0.25) is 0 Å². The van der Waals surface area contributed by atoms with Crippen LogP contribution in [0, 0.1) is 5.92 Å². The molecular formula is C11H20O4. The number of carboxylic acid groups (broad SMARTS) is 1. The minimum Gasteiger partial charge on any atom is -0.481 e. The third-order valence-electron chi connectivity index (χ3n) is 2.82. The fraction of sp³-hybridized carbons (Fsp3) is 0.909. The molecule has 4 nitrogen and oxygen atoms in total. The second-order valence-corrected chi connectivity index (χ2v) is 4.48. The second kappa shape index (κ2) is 5.47. The predicted octanol–water partition coefficient (Wildman–Crippen LogP) is 1.42. The van der Waals surface area contributed by atoms with Crippen molar-refractivity contribution in [2.24, 2.45) is 5.92 Å². The lowest BCUT2D eigenvalue weighted by Crippen LogP contribution is -2.40. The number of hydrogen-bond donors (Lipinski definition) is 2. The third kappa shape index (κ3) is 3.80. The highest BCUT2D eigenvalue weighted by atomic mass is 16.5. The van der Waals surface area contributed by atoms with Crippen LogP contribution < -0.4 is 0 Å². The van der Waals surface area contributed by atoms with E-state index in [9.17, 15) is 9.90 Å². The summed E-state index contributed by atoms with van der Waals surface area (Å²) in [6.45, 7) is 3.86. The number of aliphatic hydroxyl groups is 1. The first kappa shape index (κ1) is 12.5. The van der Waals surface area contributed by atoms with Crippen molar-refractivity contribution in [3.63, 3.8) is 0 Å². The molecule has 1 aliphatic carbocycles. The summed E-state index contributed by atoms with van der Waals surface area (Å²) in [5, 5.41) is 18.5. The summed E-state index contributed by atoms with van der Waals surface area (Å²) in [7, 11) is 0. The summed E-state index contributed by atoms with van der Waals surface area (Å²) >= 11 is 0. The highest BCUT2D eigenvalue weighted by molar-refractivity contribution is 5.67. The van der Waals surface area contributed by atoms with Gasteiger partial charge in [-0.05, 0) is 33.1 Å². The summed E-state index contributed by atoms with van der Waals surface area (Å²) in [4.78, 5) is 10.7. The third-order valence-corrected chi connectivity index (χ3v) is 2.82. The molecule has 3 atom stereocenters. The fourth-order valence-corrected chi connectivity index (χ4v) is 2.19. The average molecular weight is 216 g/mol. The summed E-state index contributed by atoms with van der Waals surface area (Å²) in [6.07, 6.45) is 1.90. The van der Waals surface area contributed by atoms with E-state index in [0.717, 1.165) is 12.8 Å². The van der Waals surface area contributed by atoms with Gasteiger partial charge < -0.3 is 14.9 Å². The minimum absolute atomic E-state index is 0.00144. The molecule has 4 heteroatoms. The van der Waals surface area contributed by atoms with Crippen LogP contribution in [0.15, 0.2) is 0 Å². The Labute approximate surface area is 90.2 Å². The number of ether oxygens (including phenoxy) is 1. The van der Waals surface area contributed by atoms with E-state index in [1.807, 2.05) is 13.8 Å². The number of aliphatic hydroxyl groups excluding tert-OH is 1. The van der Waals surface area contributed by atoms with Crippen molar-refractivity contribution in [3.8, 4) is 0 Å². The molecule has 0 heterocycles. The van der Waals surface area contributed by atoms with Gasteiger partial charge in [0.15, 0.2) is 0 Å². The normalized spacial score (nSPS) is 31.9. The van der Waals surface area contributed by atoms with Crippen molar-refractivity contribution in [2.75, 3.05) is 0 Å². The molecule has 0 spiro atoms. The van der Waals surface area contributed by atoms with Crippen molar-refractivity contribution in [1.82, 2.24) is 0 Å². The Morgan fingerprint density at radius 1 is 1.47 bits per heavy atom. The molecule has 1 fully saturated rings. The summed E-state index contributed by atoms with van der Waals surface area (Å²) < 4.78 is 5.65. The molecule has 0 bridgehead atoms. The van der Waals surface area contributed by atoms with Gasteiger partial charge in [0.25, 0.3) is 0 Å². The largest absolute Gasteiger partial charge is 0.481 e. The SMILES string of the molecule is CC(C)O[C@H]1CCC[C@@H](O)[C@@H]1CC(=O)O. The quantitative estimate of drug-likeness (QED) is 0.745. The maximum atomic E-state index is 10.7. The van der Waals surface area contributed by atoms with Gasteiger partial charge in [0.2, 0.25) is 0 Å². The number of carboxylic acids is 1. The van der Waals surface area contributed by atoms with E-state index in [1.165, 1.54) is 0 Å².